The Bertz CT molecular complexity index is 538. The van der Waals surface area contributed by atoms with Crippen LogP contribution in [-0.2, 0) is 0 Å². The Morgan fingerprint density at radius 2 is 1.32 bits per heavy atom. The number of nitrogens with two attached hydrogens (primary N) is 1. The van der Waals surface area contributed by atoms with Crippen LogP contribution in [0, 0.1) is 0 Å². The average Bonchev–Trinajstić information content (AvgIpc) is 2.56. The van der Waals surface area contributed by atoms with Gasteiger partial charge in [0.25, 0.3) is 0 Å². The molecule has 2 aromatic carbocycles. The van der Waals surface area contributed by atoms with Crippen LogP contribution < -0.4 is 16.6 Å². The van der Waals surface area contributed by atoms with Gasteiger partial charge in [0.15, 0.2) is 0 Å². The van der Waals surface area contributed by atoms with E-state index >= 15 is 0 Å². The van der Waals surface area contributed by atoms with Gasteiger partial charge in [-0.05, 0) is 30.7 Å². The lowest BCUT2D eigenvalue weighted by atomic mass is 10.1. The molecule has 0 radical (unpaired) electrons. The predicted molar refractivity (Wildman–Crippen MR) is 111 cm³/mol. The average molecular weight is 411 g/mol. The minimum absolute atomic E-state index is 0. The Morgan fingerprint density at radius 3 is 1.64 bits per heavy atom. The Balaban J connectivity index is 0. The van der Waals surface area contributed by atoms with Gasteiger partial charge in [-0.25, -0.2) is 0 Å². The van der Waals surface area contributed by atoms with Crippen molar-refractivity contribution in [2.45, 2.75) is 12.5 Å². The Morgan fingerprint density at radius 1 is 0.818 bits per heavy atom. The molecular weight excluding hydrogens is 385 g/mol. The molecule has 0 saturated carbocycles. The van der Waals surface area contributed by atoms with E-state index in [1.54, 1.807) is 0 Å². The molecular formula is C18H26IN3. The number of halogens is 1. The summed E-state index contributed by atoms with van der Waals surface area (Å²) in [5, 5.41) is 0. The zero-order valence-electron chi connectivity index (χ0n) is 12.4. The monoisotopic (exact) mass is 411 g/mol. The standard InChI is InChI=1S/C12H12N2.C6H9N.HI.2H2/c1-3-7-11(8-4-1)13-14-12-9-5-2-6-10-12;7-6-4-2-1-3-5-6;;;/h1-10,13-14H;1-4,6H,5,7H2;3*1H. The second kappa shape index (κ2) is 10.9. The molecule has 0 fully saturated rings. The summed E-state index contributed by atoms with van der Waals surface area (Å²) in [6, 6.07) is 20.3. The first-order chi connectivity index (χ1) is 10.3. The maximum atomic E-state index is 5.50. The molecule has 0 amide bonds. The van der Waals surface area contributed by atoms with Gasteiger partial charge in [0, 0.05) is 8.90 Å². The molecule has 4 N–H and O–H groups in total. The summed E-state index contributed by atoms with van der Waals surface area (Å²) in [5.41, 5.74) is 13.8. The Labute approximate surface area is 152 Å². The maximum Gasteiger partial charge on any atom is 0.0539 e. The van der Waals surface area contributed by atoms with E-state index in [0.717, 1.165) is 17.8 Å². The number of para-hydroxylation sites is 2. The van der Waals surface area contributed by atoms with Crippen LogP contribution in [0.1, 0.15) is 9.27 Å². The van der Waals surface area contributed by atoms with Crippen LogP contribution in [0.25, 0.3) is 0 Å². The van der Waals surface area contributed by atoms with Crippen LogP contribution in [-0.4, -0.2) is 6.04 Å². The molecule has 0 saturated heterocycles. The largest absolute Gasteiger partial charge is 0.324 e. The van der Waals surface area contributed by atoms with E-state index < -0.39 is 0 Å². The second-order valence-electron chi connectivity index (χ2n) is 4.69. The van der Waals surface area contributed by atoms with E-state index in [1.165, 1.54) is 0 Å². The summed E-state index contributed by atoms with van der Waals surface area (Å²) in [7, 11) is 0. The first-order valence-electron chi connectivity index (χ1n) is 7.05. The van der Waals surface area contributed by atoms with Crippen LogP contribution in [0.5, 0.6) is 0 Å². The maximum absolute atomic E-state index is 5.50. The molecule has 3 nitrogen and oxygen atoms in total. The second-order valence-corrected chi connectivity index (χ2v) is 4.69. The van der Waals surface area contributed by atoms with Crippen molar-refractivity contribution in [2.75, 3.05) is 10.9 Å². The van der Waals surface area contributed by atoms with Crippen molar-refractivity contribution >= 4 is 35.4 Å². The van der Waals surface area contributed by atoms with Crippen molar-refractivity contribution in [1.82, 2.24) is 0 Å². The summed E-state index contributed by atoms with van der Waals surface area (Å²) >= 11 is 0. The number of allylic oxidation sites excluding steroid dienone is 2. The lowest BCUT2D eigenvalue weighted by molar-refractivity contribution is 0.826. The van der Waals surface area contributed by atoms with Crippen molar-refractivity contribution in [1.29, 1.82) is 0 Å². The summed E-state index contributed by atoms with van der Waals surface area (Å²) in [6.07, 6.45) is 9.07. The van der Waals surface area contributed by atoms with Gasteiger partial charge in [-0.15, -0.1) is 24.0 Å². The molecule has 0 bridgehead atoms. The fourth-order valence-corrected chi connectivity index (χ4v) is 1.79. The quantitative estimate of drug-likeness (QED) is 0.489. The number of hydrazine groups is 1. The summed E-state index contributed by atoms with van der Waals surface area (Å²) in [4.78, 5) is 0. The van der Waals surface area contributed by atoms with Gasteiger partial charge in [-0.2, -0.15) is 0 Å². The molecule has 1 atom stereocenters. The molecule has 0 aromatic heterocycles. The summed E-state index contributed by atoms with van der Waals surface area (Å²) in [6.45, 7) is 0. The smallest absolute Gasteiger partial charge is 0.0539 e. The van der Waals surface area contributed by atoms with E-state index in [0.29, 0.717) is 0 Å². The summed E-state index contributed by atoms with van der Waals surface area (Å²) < 4.78 is 0. The third kappa shape index (κ3) is 7.28. The topological polar surface area (TPSA) is 50.1 Å². The lowest BCUT2D eigenvalue weighted by Gasteiger charge is -2.08. The molecule has 22 heavy (non-hydrogen) atoms. The third-order valence-corrected chi connectivity index (χ3v) is 2.91. The van der Waals surface area contributed by atoms with Crippen LogP contribution in [0.3, 0.4) is 0 Å². The Hall–Kier alpha value is -1.79. The molecule has 0 aliphatic heterocycles. The van der Waals surface area contributed by atoms with E-state index in [2.05, 4.69) is 16.9 Å². The molecule has 3 rings (SSSR count). The van der Waals surface area contributed by atoms with Gasteiger partial charge in [-0.1, -0.05) is 60.7 Å². The zero-order valence-corrected chi connectivity index (χ0v) is 14.7. The first-order valence-corrected chi connectivity index (χ1v) is 7.05. The minimum Gasteiger partial charge on any atom is -0.324 e. The van der Waals surface area contributed by atoms with Crippen molar-refractivity contribution < 1.29 is 2.85 Å². The molecule has 1 aliphatic carbocycles. The highest BCUT2D eigenvalue weighted by atomic mass is 127. The molecule has 120 valence electrons. The number of rotatable bonds is 3. The number of hydrogen-bond donors (Lipinski definition) is 3. The minimum atomic E-state index is 0. The van der Waals surface area contributed by atoms with Gasteiger partial charge in [0.1, 0.15) is 0 Å². The summed E-state index contributed by atoms with van der Waals surface area (Å²) in [5.74, 6) is 0. The predicted octanol–water partition coefficient (Wildman–Crippen LogP) is 5.07. The van der Waals surface area contributed by atoms with Crippen LogP contribution >= 0.6 is 24.0 Å². The molecule has 0 spiro atoms. The third-order valence-electron chi connectivity index (χ3n) is 2.91. The molecule has 1 aliphatic rings. The Kier molecular flexibility index (Phi) is 9.02. The number of benzene rings is 2. The van der Waals surface area contributed by atoms with Crippen molar-refractivity contribution in [2.24, 2.45) is 5.73 Å². The molecule has 4 heteroatoms. The van der Waals surface area contributed by atoms with Gasteiger partial charge in [0.05, 0.1) is 11.4 Å². The first kappa shape index (κ1) is 18.3. The SMILES string of the molecule is I.NC1C=CC=CC1.[HH].[HH].c1ccc(NNc2ccccc2)cc1. The van der Waals surface area contributed by atoms with Crippen LogP contribution in [0.2, 0.25) is 0 Å². The van der Waals surface area contributed by atoms with Crippen molar-refractivity contribution in [3.05, 3.63) is 85.0 Å². The van der Waals surface area contributed by atoms with Gasteiger partial charge >= 0.3 is 0 Å². The van der Waals surface area contributed by atoms with Gasteiger partial charge < -0.3 is 16.6 Å². The molecule has 1 unspecified atom stereocenters. The molecule has 0 heterocycles. The highest BCUT2D eigenvalue weighted by Gasteiger charge is 1.93. The number of anilines is 2. The van der Waals surface area contributed by atoms with E-state index in [1.807, 2.05) is 78.9 Å². The highest BCUT2D eigenvalue weighted by Crippen LogP contribution is 2.08. The van der Waals surface area contributed by atoms with E-state index in [4.69, 9.17) is 5.73 Å². The van der Waals surface area contributed by atoms with Crippen molar-refractivity contribution in [3.63, 3.8) is 0 Å². The van der Waals surface area contributed by atoms with E-state index in [9.17, 15) is 0 Å². The van der Waals surface area contributed by atoms with E-state index in [-0.39, 0.29) is 32.9 Å². The number of nitrogens with one attached hydrogen (secondary N) is 2. The fourth-order valence-electron chi connectivity index (χ4n) is 1.79. The lowest BCUT2D eigenvalue weighted by Crippen LogP contribution is -2.16. The number of hydrogen-bond acceptors (Lipinski definition) is 3. The normalized spacial score (nSPS) is 15.0. The highest BCUT2D eigenvalue weighted by molar-refractivity contribution is 14.0. The van der Waals surface area contributed by atoms with Gasteiger partial charge in [0.2, 0.25) is 0 Å². The molecule has 2 aromatic rings. The van der Waals surface area contributed by atoms with Crippen LogP contribution in [0.4, 0.5) is 11.4 Å². The van der Waals surface area contributed by atoms with Crippen LogP contribution in [0.15, 0.2) is 85.0 Å². The van der Waals surface area contributed by atoms with Gasteiger partial charge in [-0.3, -0.25) is 0 Å². The zero-order chi connectivity index (χ0) is 14.8. The fraction of sp³-hybridized carbons (Fsp3) is 0.111. The van der Waals surface area contributed by atoms with Crippen molar-refractivity contribution in [3.8, 4) is 0 Å².